The molecule has 0 N–H and O–H groups in total. The van der Waals surface area contributed by atoms with Crippen LogP contribution in [0.4, 0.5) is 0 Å². The fourth-order valence-corrected chi connectivity index (χ4v) is 4.07. The molecule has 29 heavy (non-hydrogen) atoms. The van der Waals surface area contributed by atoms with E-state index in [0.717, 1.165) is 11.3 Å². The number of nitrogens with zero attached hydrogens (tertiary/aromatic N) is 4. The van der Waals surface area contributed by atoms with Gasteiger partial charge in [0.2, 0.25) is 5.91 Å². The highest BCUT2D eigenvalue weighted by molar-refractivity contribution is 7.99. The average molecular weight is 431 g/mol. The number of amides is 1. The van der Waals surface area contributed by atoms with Gasteiger partial charge in [-0.25, -0.2) is 0 Å². The summed E-state index contributed by atoms with van der Waals surface area (Å²) in [5, 5.41) is 9.93. The molecular weight excluding hydrogens is 408 g/mol. The first-order chi connectivity index (χ1) is 14.1. The molecule has 0 saturated heterocycles. The lowest BCUT2D eigenvalue weighted by atomic mass is 10.2. The van der Waals surface area contributed by atoms with Gasteiger partial charge in [-0.3, -0.25) is 9.36 Å². The summed E-state index contributed by atoms with van der Waals surface area (Å²) in [5.74, 6) is 1.61. The topological polar surface area (TPSA) is 60.2 Å². The zero-order valence-electron chi connectivity index (χ0n) is 16.6. The van der Waals surface area contributed by atoms with Crippen LogP contribution in [-0.4, -0.2) is 51.5 Å². The monoisotopic (exact) mass is 430 g/mol. The minimum atomic E-state index is 0.0638. The summed E-state index contributed by atoms with van der Waals surface area (Å²) in [6.45, 7) is 5.30. The van der Waals surface area contributed by atoms with Gasteiger partial charge < -0.3 is 9.64 Å². The van der Waals surface area contributed by atoms with Gasteiger partial charge in [0.1, 0.15) is 5.75 Å². The molecule has 8 heteroatoms. The molecule has 3 aromatic rings. The van der Waals surface area contributed by atoms with Gasteiger partial charge in [-0.15, -0.1) is 10.2 Å². The average Bonchev–Trinajstić information content (AvgIpc) is 3.16. The highest BCUT2D eigenvalue weighted by atomic mass is 35.5. The van der Waals surface area contributed by atoms with Crippen LogP contribution < -0.4 is 4.74 Å². The minimum absolute atomic E-state index is 0.0638. The highest BCUT2D eigenvalue weighted by Gasteiger charge is 2.21. The summed E-state index contributed by atoms with van der Waals surface area (Å²) < 4.78 is 7.44. The van der Waals surface area contributed by atoms with Gasteiger partial charge in [-0.1, -0.05) is 47.6 Å². The van der Waals surface area contributed by atoms with Crippen LogP contribution in [0.5, 0.6) is 5.75 Å². The summed E-state index contributed by atoms with van der Waals surface area (Å²) in [4.78, 5) is 14.3. The Bertz CT molecular complexity index is 988. The van der Waals surface area contributed by atoms with Crippen LogP contribution >= 0.6 is 23.4 Å². The van der Waals surface area contributed by atoms with E-state index in [9.17, 15) is 4.79 Å². The van der Waals surface area contributed by atoms with Crippen LogP contribution in [0.3, 0.4) is 0 Å². The van der Waals surface area contributed by atoms with E-state index in [1.54, 1.807) is 12.0 Å². The second-order valence-corrected chi connectivity index (χ2v) is 7.50. The van der Waals surface area contributed by atoms with Crippen molar-refractivity contribution in [2.75, 3.05) is 26.0 Å². The van der Waals surface area contributed by atoms with E-state index in [-0.39, 0.29) is 11.7 Å². The lowest BCUT2D eigenvalue weighted by Crippen LogP contribution is -2.31. The van der Waals surface area contributed by atoms with Crippen molar-refractivity contribution < 1.29 is 9.53 Å². The molecule has 0 unspecified atom stereocenters. The fraction of sp³-hybridized carbons (Fsp3) is 0.286. The molecule has 1 amide bonds. The van der Waals surface area contributed by atoms with E-state index >= 15 is 0 Å². The van der Waals surface area contributed by atoms with Crippen molar-refractivity contribution in [3.63, 3.8) is 0 Å². The Hall–Kier alpha value is -2.51. The zero-order chi connectivity index (χ0) is 20.8. The van der Waals surface area contributed by atoms with E-state index in [4.69, 9.17) is 16.3 Å². The van der Waals surface area contributed by atoms with Gasteiger partial charge in [0.05, 0.1) is 23.6 Å². The molecule has 0 radical (unpaired) electrons. The van der Waals surface area contributed by atoms with Gasteiger partial charge in [-0.2, -0.15) is 0 Å². The fourth-order valence-electron chi connectivity index (χ4n) is 3.01. The van der Waals surface area contributed by atoms with Crippen molar-refractivity contribution in [2.45, 2.75) is 19.0 Å². The number of para-hydroxylation sites is 2. The Morgan fingerprint density at radius 3 is 2.48 bits per heavy atom. The van der Waals surface area contributed by atoms with Gasteiger partial charge in [0, 0.05) is 18.7 Å². The Balaban J connectivity index is 2.06. The summed E-state index contributed by atoms with van der Waals surface area (Å²) in [6.07, 6.45) is 0. The number of benzene rings is 2. The third kappa shape index (κ3) is 4.57. The normalized spacial score (nSPS) is 10.8. The molecule has 1 aromatic heterocycles. The van der Waals surface area contributed by atoms with Crippen molar-refractivity contribution in [3.8, 4) is 22.8 Å². The number of carbonyl (C=O) groups excluding carboxylic acids is 1. The zero-order valence-corrected chi connectivity index (χ0v) is 18.2. The summed E-state index contributed by atoms with van der Waals surface area (Å²) >= 11 is 7.78. The van der Waals surface area contributed by atoms with Crippen molar-refractivity contribution in [1.82, 2.24) is 19.7 Å². The number of aromatic nitrogens is 3. The predicted molar refractivity (Wildman–Crippen MR) is 117 cm³/mol. The Labute approximate surface area is 179 Å². The van der Waals surface area contributed by atoms with Crippen molar-refractivity contribution >= 4 is 29.3 Å². The van der Waals surface area contributed by atoms with Crippen molar-refractivity contribution in [2.24, 2.45) is 0 Å². The van der Waals surface area contributed by atoms with Gasteiger partial charge in [0.25, 0.3) is 0 Å². The van der Waals surface area contributed by atoms with Crippen LogP contribution in [0, 0.1) is 0 Å². The summed E-state index contributed by atoms with van der Waals surface area (Å²) in [7, 11) is 1.62. The maximum atomic E-state index is 12.5. The maximum Gasteiger partial charge on any atom is 0.233 e. The highest BCUT2D eigenvalue weighted by Crippen LogP contribution is 2.34. The first-order valence-electron chi connectivity index (χ1n) is 9.34. The third-order valence-electron chi connectivity index (χ3n) is 4.52. The predicted octanol–water partition coefficient (Wildman–Crippen LogP) is 4.56. The Morgan fingerprint density at radius 2 is 1.79 bits per heavy atom. The SMILES string of the molecule is CCN(CC)C(=O)CSc1nnc(-c2ccccc2Cl)n1-c1ccccc1OC. The first kappa shape index (κ1) is 21.2. The quantitative estimate of drug-likeness (QED) is 0.490. The second-order valence-electron chi connectivity index (χ2n) is 6.15. The minimum Gasteiger partial charge on any atom is -0.495 e. The third-order valence-corrected chi connectivity index (χ3v) is 5.76. The molecular formula is C21H23ClN4O2S. The van der Waals surface area contributed by atoms with Crippen LogP contribution in [-0.2, 0) is 4.79 Å². The summed E-state index contributed by atoms with van der Waals surface area (Å²) in [5.41, 5.74) is 1.54. The number of methoxy groups -OCH3 is 1. The number of thioether (sulfide) groups is 1. The van der Waals surface area contributed by atoms with E-state index < -0.39 is 0 Å². The number of halogens is 1. The standard InChI is InChI=1S/C21H23ClN4O2S/c1-4-25(5-2)19(27)14-29-21-24-23-20(15-10-6-7-11-16(15)22)26(21)17-12-8-9-13-18(17)28-3/h6-13H,4-5,14H2,1-3H3. The van der Waals surface area contributed by atoms with E-state index in [1.807, 2.05) is 66.9 Å². The van der Waals surface area contributed by atoms with E-state index in [0.29, 0.717) is 34.8 Å². The number of hydrogen-bond donors (Lipinski definition) is 0. The number of carbonyl (C=O) groups is 1. The lowest BCUT2D eigenvalue weighted by Gasteiger charge is -2.18. The van der Waals surface area contributed by atoms with Crippen LogP contribution in [0.1, 0.15) is 13.8 Å². The van der Waals surface area contributed by atoms with Crippen LogP contribution in [0.2, 0.25) is 5.02 Å². The molecule has 0 atom stereocenters. The van der Waals surface area contributed by atoms with Crippen molar-refractivity contribution in [1.29, 1.82) is 0 Å². The van der Waals surface area contributed by atoms with Crippen LogP contribution in [0.25, 0.3) is 17.1 Å². The molecule has 152 valence electrons. The molecule has 0 saturated carbocycles. The number of rotatable bonds is 8. The molecule has 1 heterocycles. The molecule has 2 aromatic carbocycles. The number of ether oxygens (including phenoxy) is 1. The number of hydrogen-bond acceptors (Lipinski definition) is 5. The largest absolute Gasteiger partial charge is 0.495 e. The molecule has 3 rings (SSSR count). The van der Waals surface area contributed by atoms with E-state index in [1.165, 1.54) is 11.8 Å². The second kappa shape index (κ2) is 9.80. The molecule has 0 aliphatic heterocycles. The Kier molecular flexibility index (Phi) is 7.17. The van der Waals surface area contributed by atoms with Crippen LogP contribution in [0.15, 0.2) is 53.7 Å². The first-order valence-corrected chi connectivity index (χ1v) is 10.7. The van der Waals surface area contributed by atoms with Gasteiger partial charge in [-0.05, 0) is 38.1 Å². The molecule has 0 fully saturated rings. The lowest BCUT2D eigenvalue weighted by molar-refractivity contribution is -0.127. The van der Waals surface area contributed by atoms with E-state index in [2.05, 4.69) is 10.2 Å². The van der Waals surface area contributed by atoms with Crippen molar-refractivity contribution in [3.05, 3.63) is 53.6 Å². The molecule has 6 nitrogen and oxygen atoms in total. The summed E-state index contributed by atoms with van der Waals surface area (Å²) in [6, 6.07) is 15.1. The smallest absolute Gasteiger partial charge is 0.233 e. The molecule has 0 spiro atoms. The molecule has 0 aliphatic carbocycles. The Morgan fingerprint density at radius 1 is 1.10 bits per heavy atom. The van der Waals surface area contributed by atoms with Gasteiger partial charge >= 0.3 is 0 Å². The maximum absolute atomic E-state index is 12.5. The van der Waals surface area contributed by atoms with Gasteiger partial charge in [0.15, 0.2) is 11.0 Å². The molecule has 0 bridgehead atoms. The molecule has 0 aliphatic rings.